The minimum absolute atomic E-state index is 0.0681. The number of nitrogens with two attached hydrogens (primary N) is 1. The Morgan fingerprint density at radius 2 is 2.00 bits per heavy atom. The maximum Gasteiger partial charge on any atom is 0.0482 e. The van der Waals surface area contributed by atoms with Crippen LogP contribution in [0.1, 0.15) is 29.2 Å². The molecule has 2 atom stereocenters. The third-order valence-electron chi connectivity index (χ3n) is 4.19. The predicted octanol–water partition coefficient (Wildman–Crippen LogP) is 3.49. The zero-order valence-electron chi connectivity index (χ0n) is 11.5. The number of benzene rings is 1. The molecular formula is C16H17Cl2N3. The number of aromatic nitrogens is 1. The predicted molar refractivity (Wildman–Crippen MR) is 86.6 cm³/mol. The molecule has 0 saturated carbocycles. The Labute approximate surface area is 134 Å². The lowest BCUT2D eigenvalue weighted by Gasteiger charge is -2.24. The van der Waals surface area contributed by atoms with Gasteiger partial charge >= 0.3 is 0 Å². The molecule has 5 heteroatoms. The van der Waals surface area contributed by atoms with E-state index in [0.29, 0.717) is 22.4 Å². The minimum Gasteiger partial charge on any atom is -0.271 e. The standard InChI is InChI=1S/C16H17Cl2N3/c17-13-4-1-5-14(18)12(13)9-15(21-19)11-7-6-10-3-2-8-20-16(10)11/h1-5,8,11,15,21H,6-7,9,19H2. The van der Waals surface area contributed by atoms with E-state index < -0.39 is 0 Å². The van der Waals surface area contributed by atoms with E-state index >= 15 is 0 Å². The second-order valence-corrected chi connectivity index (χ2v) is 6.18. The van der Waals surface area contributed by atoms with Crippen LogP contribution in [0.5, 0.6) is 0 Å². The molecule has 0 aliphatic heterocycles. The number of aryl methyl sites for hydroxylation is 1. The first-order valence-electron chi connectivity index (χ1n) is 7.03. The summed E-state index contributed by atoms with van der Waals surface area (Å²) in [4.78, 5) is 4.53. The molecule has 21 heavy (non-hydrogen) atoms. The SMILES string of the molecule is NNC(Cc1c(Cl)cccc1Cl)C1CCc2cccnc21. The third-order valence-corrected chi connectivity index (χ3v) is 4.90. The second kappa shape index (κ2) is 6.32. The van der Waals surface area contributed by atoms with Gasteiger partial charge < -0.3 is 0 Å². The number of pyridine rings is 1. The highest BCUT2D eigenvalue weighted by atomic mass is 35.5. The van der Waals surface area contributed by atoms with Gasteiger partial charge in [-0.15, -0.1) is 0 Å². The van der Waals surface area contributed by atoms with Crippen molar-refractivity contribution in [2.45, 2.75) is 31.2 Å². The lowest BCUT2D eigenvalue weighted by molar-refractivity contribution is 0.429. The smallest absolute Gasteiger partial charge is 0.0482 e. The van der Waals surface area contributed by atoms with E-state index in [-0.39, 0.29) is 6.04 Å². The summed E-state index contributed by atoms with van der Waals surface area (Å²) in [5.74, 6) is 6.08. The molecule has 3 N–H and O–H groups in total. The number of halogens is 2. The molecular weight excluding hydrogens is 305 g/mol. The van der Waals surface area contributed by atoms with E-state index in [1.807, 2.05) is 30.5 Å². The Bertz CT molecular complexity index is 625. The van der Waals surface area contributed by atoms with Crippen molar-refractivity contribution in [2.75, 3.05) is 0 Å². The van der Waals surface area contributed by atoms with Crippen LogP contribution >= 0.6 is 23.2 Å². The highest BCUT2D eigenvalue weighted by Gasteiger charge is 2.31. The zero-order valence-corrected chi connectivity index (χ0v) is 13.0. The lowest BCUT2D eigenvalue weighted by atomic mass is 9.91. The molecule has 0 bridgehead atoms. The maximum atomic E-state index is 6.27. The molecule has 1 aromatic carbocycles. The van der Waals surface area contributed by atoms with E-state index in [9.17, 15) is 0 Å². The van der Waals surface area contributed by atoms with Crippen molar-refractivity contribution in [3.63, 3.8) is 0 Å². The van der Waals surface area contributed by atoms with Crippen LogP contribution in [0, 0.1) is 0 Å². The molecule has 1 aliphatic carbocycles. The third kappa shape index (κ3) is 2.92. The molecule has 110 valence electrons. The van der Waals surface area contributed by atoms with Crippen LogP contribution in [0.4, 0.5) is 0 Å². The highest BCUT2D eigenvalue weighted by molar-refractivity contribution is 6.36. The van der Waals surface area contributed by atoms with E-state index in [0.717, 1.165) is 24.1 Å². The largest absolute Gasteiger partial charge is 0.271 e. The van der Waals surface area contributed by atoms with Crippen LogP contribution in [0.3, 0.4) is 0 Å². The Balaban J connectivity index is 1.87. The summed E-state index contributed by atoms with van der Waals surface area (Å²) in [7, 11) is 0. The van der Waals surface area contributed by atoms with Crippen molar-refractivity contribution in [2.24, 2.45) is 5.84 Å². The van der Waals surface area contributed by atoms with Gasteiger partial charge in [0, 0.05) is 33.9 Å². The number of nitrogens with zero attached hydrogens (tertiary/aromatic N) is 1. The lowest BCUT2D eigenvalue weighted by Crippen LogP contribution is -2.41. The number of hydrogen-bond acceptors (Lipinski definition) is 3. The van der Waals surface area contributed by atoms with Gasteiger partial charge in [-0.3, -0.25) is 16.3 Å². The van der Waals surface area contributed by atoms with Crippen LogP contribution in [0.25, 0.3) is 0 Å². The molecule has 0 amide bonds. The van der Waals surface area contributed by atoms with Crippen LogP contribution in [0.15, 0.2) is 36.5 Å². The summed E-state index contributed by atoms with van der Waals surface area (Å²) in [6, 6.07) is 9.76. The van der Waals surface area contributed by atoms with Gasteiger partial charge in [0.05, 0.1) is 0 Å². The summed E-state index contributed by atoms with van der Waals surface area (Å²) in [6.45, 7) is 0. The number of nitrogens with one attached hydrogen (secondary N) is 1. The fourth-order valence-corrected chi connectivity index (χ4v) is 3.65. The summed E-state index contributed by atoms with van der Waals surface area (Å²) < 4.78 is 0. The summed E-state index contributed by atoms with van der Waals surface area (Å²) in [6.07, 6.45) is 4.62. The molecule has 1 aromatic heterocycles. The fraction of sp³-hybridized carbons (Fsp3) is 0.312. The molecule has 1 heterocycles. The first kappa shape index (κ1) is 14.8. The number of hydrazine groups is 1. The zero-order chi connectivity index (χ0) is 14.8. The first-order valence-corrected chi connectivity index (χ1v) is 7.79. The summed E-state index contributed by atoms with van der Waals surface area (Å²) in [5.41, 5.74) is 6.32. The Morgan fingerprint density at radius 3 is 2.71 bits per heavy atom. The molecule has 0 radical (unpaired) electrons. The molecule has 3 rings (SSSR count). The van der Waals surface area contributed by atoms with Crippen molar-refractivity contribution in [1.29, 1.82) is 0 Å². The van der Waals surface area contributed by atoms with E-state index in [1.54, 1.807) is 0 Å². The van der Waals surface area contributed by atoms with Gasteiger partial charge in [-0.25, -0.2) is 0 Å². The molecule has 1 aliphatic rings. The van der Waals surface area contributed by atoms with Gasteiger partial charge in [0.2, 0.25) is 0 Å². The number of rotatable bonds is 4. The van der Waals surface area contributed by atoms with Crippen molar-refractivity contribution >= 4 is 23.2 Å². The van der Waals surface area contributed by atoms with E-state index in [2.05, 4.69) is 16.5 Å². The maximum absolute atomic E-state index is 6.27. The van der Waals surface area contributed by atoms with Crippen LogP contribution in [-0.4, -0.2) is 11.0 Å². The van der Waals surface area contributed by atoms with Crippen LogP contribution in [0.2, 0.25) is 10.0 Å². The topological polar surface area (TPSA) is 50.9 Å². The van der Waals surface area contributed by atoms with Crippen molar-refractivity contribution < 1.29 is 0 Å². The molecule has 2 unspecified atom stereocenters. The van der Waals surface area contributed by atoms with Crippen molar-refractivity contribution in [3.05, 3.63) is 63.4 Å². The van der Waals surface area contributed by atoms with Crippen molar-refractivity contribution in [3.8, 4) is 0 Å². The Kier molecular flexibility index (Phi) is 4.45. The number of hydrogen-bond donors (Lipinski definition) is 2. The van der Waals surface area contributed by atoms with E-state index in [4.69, 9.17) is 29.0 Å². The van der Waals surface area contributed by atoms with Gasteiger partial charge in [0.1, 0.15) is 0 Å². The molecule has 3 nitrogen and oxygen atoms in total. The van der Waals surface area contributed by atoms with Gasteiger partial charge in [-0.1, -0.05) is 35.3 Å². The average molecular weight is 322 g/mol. The molecule has 0 spiro atoms. The number of fused-ring (bicyclic) bond motifs is 1. The van der Waals surface area contributed by atoms with Crippen LogP contribution < -0.4 is 11.3 Å². The van der Waals surface area contributed by atoms with Gasteiger partial charge in [0.25, 0.3) is 0 Å². The highest BCUT2D eigenvalue weighted by Crippen LogP contribution is 2.36. The summed E-state index contributed by atoms with van der Waals surface area (Å²) in [5, 5.41) is 1.36. The second-order valence-electron chi connectivity index (χ2n) is 5.37. The van der Waals surface area contributed by atoms with Gasteiger partial charge in [-0.05, 0) is 48.6 Å². The minimum atomic E-state index is 0.0681. The quantitative estimate of drug-likeness (QED) is 0.669. The average Bonchev–Trinajstić information content (AvgIpc) is 2.91. The van der Waals surface area contributed by atoms with E-state index in [1.165, 1.54) is 5.56 Å². The Morgan fingerprint density at radius 1 is 1.24 bits per heavy atom. The normalized spacial score (nSPS) is 18.5. The summed E-state index contributed by atoms with van der Waals surface area (Å²) >= 11 is 12.5. The fourth-order valence-electron chi connectivity index (χ4n) is 3.10. The van der Waals surface area contributed by atoms with Crippen LogP contribution in [-0.2, 0) is 12.8 Å². The van der Waals surface area contributed by atoms with Gasteiger partial charge in [0.15, 0.2) is 0 Å². The molecule has 0 saturated heterocycles. The molecule has 0 fully saturated rings. The first-order chi connectivity index (χ1) is 10.2. The molecule has 2 aromatic rings. The Hall–Kier alpha value is -1.13. The van der Waals surface area contributed by atoms with Gasteiger partial charge in [-0.2, -0.15) is 0 Å². The van der Waals surface area contributed by atoms with Crippen molar-refractivity contribution in [1.82, 2.24) is 10.4 Å². The monoisotopic (exact) mass is 321 g/mol.